The Morgan fingerprint density at radius 1 is 0.926 bits per heavy atom. The van der Waals surface area contributed by atoms with Crippen molar-refractivity contribution in [3.63, 3.8) is 0 Å². The molecular weight excluding hydrogens is 338 g/mol. The van der Waals surface area contributed by atoms with Crippen LogP contribution in [0.5, 0.6) is 11.6 Å². The molecule has 0 unspecified atom stereocenters. The largest absolute Gasteiger partial charge is 0.435 e. The molecule has 0 spiro atoms. The molecular formula is C21H17N5O. The van der Waals surface area contributed by atoms with Crippen LogP contribution in [-0.2, 0) is 6.42 Å². The number of hydrogen-bond acceptors (Lipinski definition) is 6. The Morgan fingerprint density at radius 2 is 1.81 bits per heavy atom. The number of fused-ring (bicyclic) bond motifs is 2. The summed E-state index contributed by atoms with van der Waals surface area (Å²) in [6, 6.07) is 18.0. The summed E-state index contributed by atoms with van der Waals surface area (Å²) >= 11 is 0. The fourth-order valence-corrected chi connectivity index (χ4v) is 3.49. The molecule has 2 aromatic heterocycles. The van der Waals surface area contributed by atoms with Crippen molar-refractivity contribution in [2.45, 2.75) is 6.42 Å². The summed E-state index contributed by atoms with van der Waals surface area (Å²) in [6.45, 7) is 0.829. The van der Waals surface area contributed by atoms with Gasteiger partial charge in [-0.3, -0.25) is 4.98 Å². The van der Waals surface area contributed by atoms with Crippen LogP contribution in [0, 0.1) is 0 Å². The van der Waals surface area contributed by atoms with Crippen LogP contribution >= 0.6 is 0 Å². The van der Waals surface area contributed by atoms with Gasteiger partial charge in [0.15, 0.2) is 11.6 Å². The molecule has 132 valence electrons. The SMILES string of the molecule is Nc1c(Oc2cccc3cccnc23)ncnc1N1CCc2ccccc21. The molecule has 6 heteroatoms. The van der Waals surface area contributed by atoms with E-state index < -0.39 is 0 Å². The topological polar surface area (TPSA) is 77.2 Å². The van der Waals surface area contributed by atoms with Gasteiger partial charge in [0, 0.05) is 23.8 Å². The van der Waals surface area contributed by atoms with Gasteiger partial charge in [-0.2, -0.15) is 4.98 Å². The van der Waals surface area contributed by atoms with Crippen LogP contribution in [0.15, 0.2) is 67.1 Å². The van der Waals surface area contributed by atoms with Crippen LogP contribution in [0.3, 0.4) is 0 Å². The maximum absolute atomic E-state index is 6.40. The van der Waals surface area contributed by atoms with E-state index in [1.54, 1.807) is 6.20 Å². The van der Waals surface area contributed by atoms with Gasteiger partial charge in [0.2, 0.25) is 5.88 Å². The summed E-state index contributed by atoms with van der Waals surface area (Å²) in [7, 11) is 0. The van der Waals surface area contributed by atoms with Crippen molar-refractivity contribution >= 4 is 28.1 Å². The predicted octanol–water partition coefficient (Wildman–Crippen LogP) is 4.09. The number of pyridine rings is 1. The second-order valence-corrected chi connectivity index (χ2v) is 6.38. The van der Waals surface area contributed by atoms with E-state index in [2.05, 4.69) is 32.0 Å². The van der Waals surface area contributed by atoms with E-state index >= 15 is 0 Å². The zero-order valence-electron chi connectivity index (χ0n) is 14.5. The summed E-state index contributed by atoms with van der Waals surface area (Å²) in [5.74, 6) is 1.62. The first-order chi connectivity index (χ1) is 13.3. The summed E-state index contributed by atoms with van der Waals surface area (Å²) in [6.07, 6.45) is 4.19. The Kier molecular flexibility index (Phi) is 3.60. The maximum atomic E-state index is 6.40. The number of aromatic nitrogens is 3. The number of para-hydroxylation sites is 2. The molecule has 6 nitrogen and oxygen atoms in total. The van der Waals surface area contributed by atoms with E-state index in [1.165, 1.54) is 11.9 Å². The van der Waals surface area contributed by atoms with Gasteiger partial charge in [-0.25, -0.2) is 4.98 Å². The Balaban J connectivity index is 1.55. The molecule has 0 bridgehead atoms. The second kappa shape index (κ2) is 6.25. The van der Waals surface area contributed by atoms with Crippen LogP contribution in [0.4, 0.5) is 17.2 Å². The third-order valence-corrected chi connectivity index (χ3v) is 4.77. The predicted molar refractivity (Wildman–Crippen MR) is 105 cm³/mol. The average Bonchev–Trinajstić information content (AvgIpc) is 3.14. The van der Waals surface area contributed by atoms with E-state index in [1.807, 2.05) is 42.5 Å². The van der Waals surface area contributed by atoms with E-state index in [0.29, 0.717) is 23.1 Å². The van der Waals surface area contributed by atoms with Gasteiger partial charge >= 0.3 is 0 Å². The van der Waals surface area contributed by atoms with Crippen LogP contribution in [0.2, 0.25) is 0 Å². The lowest BCUT2D eigenvalue weighted by molar-refractivity contribution is 0.468. The molecule has 5 rings (SSSR count). The van der Waals surface area contributed by atoms with E-state index in [9.17, 15) is 0 Å². The molecule has 0 amide bonds. The van der Waals surface area contributed by atoms with Gasteiger partial charge in [0.05, 0.1) is 0 Å². The number of rotatable bonds is 3. The summed E-state index contributed by atoms with van der Waals surface area (Å²) in [5.41, 5.74) is 10.0. The van der Waals surface area contributed by atoms with Crippen LogP contribution in [0.25, 0.3) is 10.9 Å². The Morgan fingerprint density at radius 3 is 2.78 bits per heavy atom. The molecule has 27 heavy (non-hydrogen) atoms. The minimum absolute atomic E-state index is 0.336. The monoisotopic (exact) mass is 355 g/mol. The molecule has 2 N–H and O–H groups in total. The number of nitrogens with zero attached hydrogens (tertiary/aromatic N) is 4. The lowest BCUT2D eigenvalue weighted by Gasteiger charge is -2.20. The van der Waals surface area contributed by atoms with Crippen molar-refractivity contribution in [3.05, 3.63) is 72.7 Å². The van der Waals surface area contributed by atoms with Gasteiger partial charge < -0.3 is 15.4 Å². The number of nitrogens with two attached hydrogens (primary N) is 1. The lowest BCUT2D eigenvalue weighted by atomic mass is 10.2. The normalized spacial score (nSPS) is 13.0. The third-order valence-electron chi connectivity index (χ3n) is 4.77. The smallest absolute Gasteiger partial charge is 0.248 e. The fraction of sp³-hybridized carbons (Fsp3) is 0.0952. The Hall–Kier alpha value is -3.67. The first-order valence-corrected chi connectivity index (χ1v) is 8.79. The van der Waals surface area contributed by atoms with Crippen molar-refractivity contribution < 1.29 is 4.74 Å². The Labute approximate surface area is 156 Å². The fourth-order valence-electron chi connectivity index (χ4n) is 3.49. The van der Waals surface area contributed by atoms with Crippen molar-refractivity contribution in [1.82, 2.24) is 15.0 Å². The van der Waals surface area contributed by atoms with Gasteiger partial charge in [-0.1, -0.05) is 36.4 Å². The van der Waals surface area contributed by atoms with Gasteiger partial charge in [0.1, 0.15) is 17.5 Å². The molecule has 0 fully saturated rings. The number of benzene rings is 2. The zero-order chi connectivity index (χ0) is 18.2. The number of anilines is 3. The van der Waals surface area contributed by atoms with E-state index in [-0.39, 0.29) is 0 Å². The molecule has 0 aliphatic carbocycles. The molecule has 1 aliphatic heterocycles. The minimum atomic E-state index is 0.336. The number of nitrogen functional groups attached to an aromatic ring is 1. The van der Waals surface area contributed by atoms with Crippen LogP contribution in [0.1, 0.15) is 5.56 Å². The summed E-state index contributed by atoms with van der Waals surface area (Å²) in [4.78, 5) is 15.2. The van der Waals surface area contributed by atoms with E-state index in [4.69, 9.17) is 10.5 Å². The van der Waals surface area contributed by atoms with Crippen LogP contribution < -0.4 is 15.4 Å². The maximum Gasteiger partial charge on any atom is 0.248 e. The Bertz CT molecular complexity index is 1140. The van der Waals surface area contributed by atoms with Crippen molar-refractivity contribution in [2.75, 3.05) is 17.2 Å². The number of ether oxygens (including phenoxy) is 1. The molecule has 0 saturated heterocycles. The van der Waals surface area contributed by atoms with Crippen molar-refractivity contribution in [2.24, 2.45) is 0 Å². The highest BCUT2D eigenvalue weighted by molar-refractivity contribution is 5.85. The lowest BCUT2D eigenvalue weighted by Crippen LogP contribution is -2.17. The minimum Gasteiger partial charge on any atom is -0.435 e. The first-order valence-electron chi connectivity index (χ1n) is 8.79. The van der Waals surface area contributed by atoms with Crippen LogP contribution in [-0.4, -0.2) is 21.5 Å². The zero-order valence-corrected chi connectivity index (χ0v) is 14.5. The summed E-state index contributed by atoms with van der Waals surface area (Å²) < 4.78 is 6.05. The van der Waals surface area contributed by atoms with Crippen molar-refractivity contribution in [3.8, 4) is 11.6 Å². The highest BCUT2D eigenvalue weighted by atomic mass is 16.5. The van der Waals surface area contributed by atoms with Gasteiger partial charge in [0.25, 0.3) is 0 Å². The standard InChI is InChI=1S/C21H17N5O/c22-18-20(26-12-10-14-5-1-2-8-16(14)26)24-13-25-21(18)27-17-9-3-6-15-7-4-11-23-19(15)17/h1-9,11,13H,10,12,22H2. The average molecular weight is 355 g/mol. The van der Waals surface area contributed by atoms with Gasteiger partial charge in [-0.15, -0.1) is 0 Å². The highest BCUT2D eigenvalue weighted by Crippen LogP contribution is 2.39. The molecule has 3 heterocycles. The molecule has 0 radical (unpaired) electrons. The third kappa shape index (κ3) is 2.62. The quantitative estimate of drug-likeness (QED) is 0.596. The molecule has 4 aromatic rings. The first kappa shape index (κ1) is 15.6. The number of hydrogen-bond donors (Lipinski definition) is 1. The molecule has 1 aliphatic rings. The van der Waals surface area contributed by atoms with E-state index in [0.717, 1.165) is 29.6 Å². The second-order valence-electron chi connectivity index (χ2n) is 6.38. The summed E-state index contributed by atoms with van der Waals surface area (Å²) in [5, 5.41) is 0.997. The molecule has 0 saturated carbocycles. The molecule has 0 atom stereocenters. The van der Waals surface area contributed by atoms with Crippen molar-refractivity contribution in [1.29, 1.82) is 0 Å². The van der Waals surface area contributed by atoms with Gasteiger partial charge in [-0.05, 0) is 30.2 Å². The highest BCUT2D eigenvalue weighted by Gasteiger charge is 2.24. The molecule has 2 aromatic carbocycles.